The Morgan fingerprint density at radius 1 is 1.20 bits per heavy atom. The standard InChI is InChI=1S/C15H19F2NO2/c1-14(2)11(15(14,3)4)7-18-12-9(16)5-8(13(19)20)6-10(12)17/h5-6,11,18H,7H2,1-4H3,(H,19,20). The average molecular weight is 283 g/mol. The van der Waals surface area contributed by atoms with Gasteiger partial charge in [-0.05, 0) is 28.9 Å². The van der Waals surface area contributed by atoms with Gasteiger partial charge in [-0.3, -0.25) is 0 Å². The molecular formula is C15H19F2NO2. The van der Waals surface area contributed by atoms with Gasteiger partial charge in [0.15, 0.2) is 0 Å². The highest BCUT2D eigenvalue weighted by Gasteiger charge is 2.64. The minimum Gasteiger partial charge on any atom is -0.478 e. The Morgan fingerprint density at radius 2 is 1.65 bits per heavy atom. The Balaban J connectivity index is 2.14. The molecule has 0 radical (unpaired) electrons. The number of hydrogen-bond acceptors (Lipinski definition) is 2. The highest BCUT2D eigenvalue weighted by molar-refractivity contribution is 5.88. The van der Waals surface area contributed by atoms with E-state index in [1.165, 1.54) is 0 Å². The van der Waals surface area contributed by atoms with Gasteiger partial charge in [-0.15, -0.1) is 0 Å². The average Bonchev–Trinajstić information content (AvgIpc) is 2.69. The van der Waals surface area contributed by atoms with Crippen LogP contribution in [0.4, 0.5) is 14.5 Å². The number of halogens is 2. The van der Waals surface area contributed by atoms with Crippen molar-refractivity contribution in [3.63, 3.8) is 0 Å². The zero-order valence-electron chi connectivity index (χ0n) is 12.1. The summed E-state index contributed by atoms with van der Waals surface area (Å²) in [5.41, 5.74) is -0.409. The number of carbonyl (C=O) groups is 1. The van der Waals surface area contributed by atoms with Crippen LogP contribution >= 0.6 is 0 Å². The maximum atomic E-state index is 13.8. The number of nitrogens with one attached hydrogen (secondary N) is 1. The van der Waals surface area contributed by atoms with Crippen LogP contribution in [-0.2, 0) is 0 Å². The van der Waals surface area contributed by atoms with E-state index in [1.54, 1.807) is 0 Å². The molecule has 1 saturated carbocycles. The van der Waals surface area contributed by atoms with Crippen molar-refractivity contribution in [1.29, 1.82) is 0 Å². The summed E-state index contributed by atoms with van der Waals surface area (Å²) in [4.78, 5) is 10.7. The Kier molecular flexibility index (Phi) is 3.27. The number of hydrogen-bond donors (Lipinski definition) is 2. The third-order valence-electron chi connectivity index (χ3n) is 5.09. The maximum Gasteiger partial charge on any atom is 0.335 e. The molecule has 0 saturated heterocycles. The van der Waals surface area contributed by atoms with Crippen LogP contribution in [-0.4, -0.2) is 17.6 Å². The number of anilines is 1. The molecule has 1 aromatic carbocycles. The van der Waals surface area contributed by atoms with E-state index in [2.05, 4.69) is 33.0 Å². The molecule has 0 spiro atoms. The van der Waals surface area contributed by atoms with Crippen LogP contribution in [0.2, 0.25) is 0 Å². The largest absolute Gasteiger partial charge is 0.478 e. The van der Waals surface area contributed by atoms with Crippen molar-refractivity contribution in [3.05, 3.63) is 29.3 Å². The Bertz CT molecular complexity index is 530. The monoisotopic (exact) mass is 283 g/mol. The molecule has 1 aromatic rings. The van der Waals surface area contributed by atoms with E-state index >= 15 is 0 Å². The summed E-state index contributed by atoms with van der Waals surface area (Å²) in [6.45, 7) is 8.96. The van der Waals surface area contributed by atoms with Gasteiger partial charge in [0.2, 0.25) is 0 Å². The van der Waals surface area contributed by atoms with Crippen LogP contribution in [0.1, 0.15) is 38.1 Å². The SMILES string of the molecule is CC1(C)C(CNc2c(F)cc(C(=O)O)cc2F)C1(C)C. The van der Waals surface area contributed by atoms with Gasteiger partial charge in [0.05, 0.1) is 5.56 Å². The lowest BCUT2D eigenvalue weighted by Crippen LogP contribution is -2.12. The lowest BCUT2D eigenvalue weighted by Gasteiger charge is -2.10. The summed E-state index contributed by atoms with van der Waals surface area (Å²) in [6.07, 6.45) is 0. The van der Waals surface area contributed by atoms with Gasteiger partial charge in [0.1, 0.15) is 17.3 Å². The molecule has 0 heterocycles. The molecule has 2 rings (SSSR count). The fourth-order valence-corrected chi connectivity index (χ4v) is 2.91. The molecule has 1 fully saturated rings. The molecule has 1 aliphatic rings. The van der Waals surface area contributed by atoms with Gasteiger partial charge < -0.3 is 10.4 Å². The smallest absolute Gasteiger partial charge is 0.335 e. The minimum atomic E-state index is -1.35. The molecule has 0 aliphatic heterocycles. The van der Waals surface area contributed by atoms with Crippen molar-refractivity contribution < 1.29 is 18.7 Å². The predicted molar refractivity (Wildman–Crippen MR) is 72.9 cm³/mol. The van der Waals surface area contributed by atoms with E-state index in [4.69, 9.17) is 5.11 Å². The second-order valence-electron chi connectivity index (χ2n) is 6.50. The fourth-order valence-electron chi connectivity index (χ4n) is 2.91. The predicted octanol–water partition coefficient (Wildman–Crippen LogP) is 3.76. The third kappa shape index (κ3) is 2.15. The van der Waals surface area contributed by atoms with Crippen molar-refractivity contribution in [2.24, 2.45) is 16.7 Å². The van der Waals surface area contributed by atoms with E-state index in [0.29, 0.717) is 12.5 Å². The lowest BCUT2D eigenvalue weighted by molar-refractivity contribution is 0.0696. The van der Waals surface area contributed by atoms with Crippen molar-refractivity contribution in [3.8, 4) is 0 Å². The highest BCUT2D eigenvalue weighted by atomic mass is 19.1. The number of carboxylic acid groups (broad SMARTS) is 1. The quantitative estimate of drug-likeness (QED) is 0.884. The number of rotatable bonds is 4. The maximum absolute atomic E-state index is 13.8. The summed E-state index contributed by atoms with van der Waals surface area (Å²) in [7, 11) is 0. The summed E-state index contributed by atoms with van der Waals surface area (Å²) < 4.78 is 27.5. The first-order valence-electron chi connectivity index (χ1n) is 6.55. The van der Waals surface area contributed by atoms with E-state index in [0.717, 1.165) is 12.1 Å². The molecule has 0 aromatic heterocycles. The van der Waals surface area contributed by atoms with E-state index in [9.17, 15) is 13.6 Å². The van der Waals surface area contributed by atoms with E-state index in [1.807, 2.05) is 0 Å². The number of carboxylic acids is 1. The van der Waals surface area contributed by atoms with Crippen molar-refractivity contribution in [2.45, 2.75) is 27.7 Å². The summed E-state index contributed by atoms with van der Waals surface area (Å²) in [6, 6.07) is 1.66. The molecule has 0 amide bonds. The topological polar surface area (TPSA) is 49.3 Å². The number of aromatic carboxylic acids is 1. The van der Waals surface area contributed by atoms with Gasteiger partial charge >= 0.3 is 5.97 Å². The van der Waals surface area contributed by atoms with E-state index < -0.39 is 23.2 Å². The molecule has 110 valence electrons. The first kappa shape index (κ1) is 14.8. The van der Waals surface area contributed by atoms with Gasteiger partial charge in [-0.25, -0.2) is 13.6 Å². The van der Waals surface area contributed by atoms with Crippen molar-refractivity contribution in [2.75, 3.05) is 11.9 Å². The van der Waals surface area contributed by atoms with Crippen LogP contribution in [0.15, 0.2) is 12.1 Å². The van der Waals surface area contributed by atoms with Gasteiger partial charge in [-0.1, -0.05) is 27.7 Å². The molecule has 0 atom stereocenters. The van der Waals surface area contributed by atoms with Crippen LogP contribution in [0.25, 0.3) is 0 Å². The highest BCUT2D eigenvalue weighted by Crippen LogP contribution is 2.68. The minimum absolute atomic E-state index is 0.119. The van der Waals surface area contributed by atoms with Gasteiger partial charge in [0, 0.05) is 6.54 Å². The molecule has 20 heavy (non-hydrogen) atoms. The van der Waals surface area contributed by atoms with Crippen molar-refractivity contribution in [1.82, 2.24) is 0 Å². The molecular weight excluding hydrogens is 264 g/mol. The molecule has 5 heteroatoms. The van der Waals surface area contributed by atoms with Crippen molar-refractivity contribution >= 4 is 11.7 Å². The molecule has 0 unspecified atom stereocenters. The molecule has 2 N–H and O–H groups in total. The summed E-state index contributed by atoms with van der Waals surface area (Å²) in [5.74, 6) is -2.79. The van der Waals surface area contributed by atoms with Gasteiger partial charge in [-0.2, -0.15) is 0 Å². The molecule has 0 bridgehead atoms. The second kappa shape index (κ2) is 4.43. The first-order chi connectivity index (χ1) is 9.09. The summed E-state index contributed by atoms with van der Waals surface area (Å²) >= 11 is 0. The van der Waals surface area contributed by atoms with Crippen LogP contribution in [0.3, 0.4) is 0 Å². The summed E-state index contributed by atoms with van der Waals surface area (Å²) in [5, 5.41) is 11.5. The van der Waals surface area contributed by atoms with Crippen LogP contribution in [0.5, 0.6) is 0 Å². The van der Waals surface area contributed by atoms with Gasteiger partial charge in [0.25, 0.3) is 0 Å². The zero-order chi connectivity index (χ0) is 15.3. The normalized spacial score (nSPS) is 19.7. The van der Waals surface area contributed by atoms with Crippen LogP contribution < -0.4 is 5.32 Å². The van der Waals surface area contributed by atoms with Crippen LogP contribution in [0, 0.1) is 28.4 Å². The lowest BCUT2D eigenvalue weighted by atomic mass is 10.0. The second-order valence-corrected chi connectivity index (χ2v) is 6.50. The zero-order valence-corrected chi connectivity index (χ0v) is 12.1. The third-order valence-corrected chi connectivity index (χ3v) is 5.09. The molecule has 1 aliphatic carbocycles. The Hall–Kier alpha value is -1.65. The van der Waals surface area contributed by atoms with E-state index in [-0.39, 0.29) is 16.5 Å². The first-order valence-corrected chi connectivity index (χ1v) is 6.55. The Morgan fingerprint density at radius 3 is 2.00 bits per heavy atom. The Labute approximate surface area is 117 Å². The number of benzene rings is 1. The molecule has 3 nitrogen and oxygen atoms in total. The fraction of sp³-hybridized carbons (Fsp3) is 0.533.